The molecular formula is C48H67N3O17P2. The largest absolute Gasteiger partial charge is 0.481 e. The van der Waals surface area contributed by atoms with Crippen molar-refractivity contribution in [1.82, 2.24) is 10.6 Å². The molecule has 0 radical (unpaired) electrons. The maximum atomic E-state index is 13.3. The molecule has 2 aromatic carbocycles. The monoisotopic (exact) mass is 1020 g/mol. The summed E-state index contributed by atoms with van der Waals surface area (Å²) in [6.45, 7) is 4.55. The lowest BCUT2D eigenvalue weighted by atomic mass is 9.96. The first kappa shape index (κ1) is 59.2. The van der Waals surface area contributed by atoms with Gasteiger partial charge in [0.1, 0.15) is 18.8 Å². The number of fused-ring (bicyclic) bond motifs is 2. The van der Waals surface area contributed by atoms with Gasteiger partial charge in [-0.1, -0.05) is 64.0 Å². The van der Waals surface area contributed by atoms with Crippen LogP contribution < -0.4 is 15.5 Å². The van der Waals surface area contributed by atoms with Gasteiger partial charge in [-0.3, -0.25) is 28.8 Å². The molecule has 20 nitrogen and oxygen atoms in total. The van der Waals surface area contributed by atoms with E-state index in [1.165, 1.54) is 0 Å². The van der Waals surface area contributed by atoms with E-state index in [0.29, 0.717) is 52.4 Å². The summed E-state index contributed by atoms with van der Waals surface area (Å²) < 4.78 is 32.6. The first-order valence-electron chi connectivity index (χ1n) is 23.2. The number of ketones is 1. The van der Waals surface area contributed by atoms with Crippen LogP contribution in [0.4, 0.5) is 5.69 Å². The van der Waals surface area contributed by atoms with Crippen molar-refractivity contribution >= 4 is 62.6 Å². The number of ether oxygens (including phenoxy) is 5. The minimum absolute atomic E-state index is 0.0144. The van der Waals surface area contributed by atoms with Crippen LogP contribution in [0.15, 0.2) is 48.5 Å². The normalized spacial score (nSPS) is 13.9. The molecule has 1 heterocycles. The van der Waals surface area contributed by atoms with Crippen molar-refractivity contribution in [3.05, 3.63) is 65.2 Å². The lowest BCUT2D eigenvalue weighted by molar-refractivity contribution is -0.145. The molecule has 2 aromatic rings. The zero-order valence-corrected chi connectivity index (χ0v) is 41.5. The third kappa shape index (κ3) is 24.2. The molecule has 4 atom stereocenters. The Bertz CT molecular complexity index is 2130. The van der Waals surface area contributed by atoms with Crippen LogP contribution in [-0.4, -0.2) is 153 Å². The average Bonchev–Trinajstić information content (AvgIpc) is 3.31. The number of carbonyl (C=O) groups excluding carboxylic acids is 4. The summed E-state index contributed by atoms with van der Waals surface area (Å²) in [7, 11) is -0.191. The van der Waals surface area contributed by atoms with Crippen LogP contribution in [-0.2, 0) is 68.3 Å². The number of hydrogen-bond donors (Lipinski definition) is 6. The first-order valence-corrected chi connectivity index (χ1v) is 26.4. The quantitative estimate of drug-likeness (QED) is 0.0313. The van der Waals surface area contributed by atoms with Gasteiger partial charge >= 0.3 is 17.9 Å². The van der Waals surface area contributed by atoms with Gasteiger partial charge < -0.3 is 64.0 Å². The standard InChI is InChI=1S/C48H67N3O17P2/c1-2-7-39(47(58)59)34-70(62,69)68-23-17-37(46(56)57)32-40(52)14-15-41(48(60)61)50-44(54)19-22-64-25-27-66-29-31-67-30-28-65-26-24-63-21-18-43(53)49-20-16-45(55)51-33-38-10-4-3-8-35(38)12-13-36-9-5-6-11-42(36)51/h3-6,8-11,37,39,41,62,69H,2,7,14-34H2,1H3,(H,49,53)(H,50,54)(H,56,57)(H,58,59)(H,60,61)/t37?,39?,41-,70?/m1/s1. The van der Waals surface area contributed by atoms with E-state index >= 15 is 0 Å². The van der Waals surface area contributed by atoms with E-state index in [1.807, 2.05) is 48.5 Å². The van der Waals surface area contributed by atoms with Crippen molar-refractivity contribution in [3.63, 3.8) is 0 Å². The number of para-hydroxylation sites is 1. The molecule has 0 aliphatic carbocycles. The Morgan fingerprint density at radius 3 is 1.79 bits per heavy atom. The Kier molecular flexibility index (Phi) is 28.4. The average molecular weight is 1020 g/mol. The van der Waals surface area contributed by atoms with Gasteiger partial charge in [0.2, 0.25) is 17.7 Å². The van der Waals surface area contributed by atoms with Crippen molar-refractivity contribution in [2.45, 2.75) is 77.3 Å². The summed E-state index contributed by atoms with van der Waals surface area (Å²) in [5, 5.41) is 33.6. The molecule has 22 heteroatoms. The van der Waals surface area contributed by atoms with Gasteiger partial charge in [-0.05, 0) is 43.0 Å². The first-order chi connectivity index (χ1) is 33.6. The van der Waals surface area contributed by atoms with Gasteiger partial charge in [0.25, 0.3) is 0 Å². The second kappa shape index (κ2) is 33.5. The summed E-state index contributed by atoms with van der Waals surface area (Å²) >= 11 is 0. The lowest BCUT2D eigenvalue weighted by Crippen LogP contribution is -2.41. The number of amides is 3. The third-order valence-corrected chi connectivity index (χ3v) is 13.1. The molecule has 0 saturated carbocycles. The van der Waals surface area contributed by atoms with E-state index in [9.17, 15) is 53.8 Å². The van der Waals surface area contributed by atoms with Crippen molar-refractivity contribution in [2.24, 2.45) is 11.8 Å². The van der Waals surface area contributed by atoms with Crippen LogP contribution in [0.25, 0.3) is 0 Å². The summed E-state index contributed by atoms with van der Waals surface area (Å²) in [6, 6.07) is 13.9. The van der Waals surface area contributed by atoms with E-state index in [0.717, 1.165) is 22.4 Å². The fourth-order valence-corrected chi connectivity index (χ4v) is 9.29. The molecule has 70 heavy (non-hydrogen) atoms. The molecule has 0 bridgehead atoms. The number of nitrogens with one attached hydrogen (secondary N) is 2. The fraction of sp³-hybridized carbons (Fsp3) is 0.562. The molecule has 1 aliphatic rings. The number of hydrogen-bond acceptors (Lipinski definition) is 13. The topological polar surface area (TPSA) is 283 Å². The van der Waals surface area contributed by atoms with E-state index in [-0.39, 0.29) is 103 Å². The smallest absolute Gasteiger partial charge is 0.326 e. The summed E-state index contributed by atoms with van der Waals surface area (Å²) in [5.74, 6) is -0.889. The number of carboxylic acid groups (broad SMARTS) is 3. The van der Waals surface area contributed by atoms with Crippen molar-refractivity contribution in [3.8, 4) is 11.8 Å². The SMILES string of the molecule is CCCC(CP(O)(=P)OCCC(CC(=O)CC[C@@H](NC(=O)CCOCCOCCOCCOCCOCCC(=O)NCCC(=O)N1Cc2ccccc2C#Cc2ccccc21)C(=O)O)C(=O)O)C(=O)O. The highest BCUT2D eigenvalue weighted by Crippen LogP contribution is 2.50. The Labute approximate surface area is 410 Å². The molecule has 0 aromatic heterocycles. The highest BCUT2D eigenvalue weighted by molar-refractivity contribution is 7.92. The van der Waals surface area contributed by atoms with Crippen LogP contribution in [0.3, 0.4) is 0 Å². The van der Waals surface area contributed by atoms with E-state index in [1.54, 1.807) is 11.8 Å². The second-order valence-corrected chi connectivity index (χ2v) is 20.3. The van der Waals surface area contributed by atoms with E-state index in [4.69, 9.17) is 28.2 Å². The number of carboxylic acids is 3. The Morgan fingerprint density at radius 2 is 1.20 bits per heavy atom. The molecule has 386 valence electrons. The summed E-state index contributed by atoms with van der Waals surface area (Å²) in [6.07, 6.45) is -0.309. The highest BCUT2D eigenvalue weighted by Gasteiger charge is 2.28. The Morgan fingerprint density at radius 1 is 0.657 bits per heavy atom. The molecule has 6 N–H and O–H groups in total. The third-order valence-electron chi connectivity index (χ3n) is 10.7. The minimum Gasteiger partial charge on any atom is -0.481 e. The number of anilines is 1. The fourth-order valence-electron chi connectivity index (χ4n) is 6.91. The number of carbonyl (C=O) groups is 7. The van der Waals surface area contributed by atoms with Gasteiger partial charge in [-0.15, -0.1) is 0 Å². The molecule has 0 fully saturated rings. The minimum atomic E-state index is -3.29. The zero-order chi connectivity index (χ0) is 51.2. The molecule has 1 aliphatic heterocycles. The molecule has 0 saturated heterocycles. The molecule has 0 spiro atoms. The van der Waals surface area contributed by atoms with Crippen LogP contribution in [0.5, 0.6) is 0 Å². The van der Waals surface area contributed by atoms with Gasteiger partial charge in [0.05, 0.1) is 96.7 Å². The van der Waals surface area contributed by atoms with Crippen molar-refractivity contribution < 1.29 is 82.0 Å². The second-order valence-electron chi connectivity index (χ2n) is 16.2. The van der Waals surface area contributed by atoms with Crippen LogP contribution in [0.1, 0.15) is 81.4 Å². The molecule has 3 unspecified atom stereocenters. The van der Waals surface area contributed by atoms with Gasteiger partial charge in [0, 0.05) is 55.9 Å². The van der Waals surface area contributed by atoms with Crippen LogP contribution >= 0.6 is 15.5 Å². The molecular weight excluding hydrogens is 952 g/mol. The maximum Gasteiger partial charge on any atom is 0.326 e. The number of benzene rings is 2. The Balaban J connectivity index is 1.13. The van der Waals surface area contributed by atoms with Crippen molar-refractivity contribution in [1.29, 1.82) is 0 Å². The number of Topliss-reactive ketones (excluding diaryl/α,β-unsaturated/α-hetero) is 1. The maximum absolute atomic E-state index is 13.3. The predicted octanol–water partition coefficient (Wildman–Crippen LogP) is 4.12. The van der Waals surface area contributed by atoms with Gasteiger partial charge in [0.15, 0.2) is 0 Å². The summed E-state index contributed by atoms with van der Waals surface area (Å²) in [5.41, 5.74) is 3.34. The van der Waals surface area contributed by atoms with Gasteiger partial charge in [-0.25, -0.2) is 4.79 Å². The number of rotatable bonds is 38. The summed E-state index contributed by atoms with van der Waals surface area (Å²) in [4.78, 5) is 97.8. The van der Waals surface area contributed by atoms with Crippen LogP contribution in [0, 0.1) is 23.7 Å². The van der Waals surface area contributed by atoms with Crippen LogP contribution in [0.2, 0.25) is 0 Å². The van der Waals surface area contributed by atoms with E-state index in [2.05, 4.69) is 31.0 Å². The van der Waals surface area contributed by atoms with Crippen molar-refractivity contribution in [2.75, 3.05) is 90.3 Å². The zero-order valence-electron chi connectivity index (χ0n) is 39.6. The number of aliphatic carboxylic acids is 3. The van der Waals surface area contributed by atoms with Gasteiger partial charge in [-0.2, -0.15) is 0 Å². The highest BCUT2D eigenvalue weighted by atomic mass is 31.8. The predicted molar refractivity (Wildman–Crippen MR) is 259 cm³/mol. The number of nitrogens with zero attached hydrogens (tertiary/aromatic N) is 1. The van der Waals surface area contributed by atoms with E-state index < -0.39 is 60.9 Å². The lowest BCUT2D eigenvalue weighted by Gasteiger charge is -2.26. The molecule has 3 rings (SSSR count). The Hall–Kier alpha value is -5.06. The molecule has 3 amide bonds.